The quantitative estimate of drug-likeness (QED) is 0.545. The number of alkyl halides is 3. The lowest BCUT2D eigenvalue weighted by Gasteiger charge is -2.52. The van der Waals surface area contributed by atoms with Crippen LogP contribution in [0.2, 0.25) is 0 Å². The largest absolute Gasteiger partial charge is 0.416 e. The van der Waals surface area contributed by atoms with Gasteiger partial charge in [0.1, 0.15) is 6.33 Å². The highest BCUT2D eigenvalue weighted by molar-refractivity contribution is 5.96. The highest BCUT2D eigenvalue weighted by Crippen LogP contribution is 2.35. The van der Waals surface area contributed by atoms with E-state index in [1.807, 2.05) is 18.7 Å². The number of benzene rings is 1. The van der Waals surface area contributed by atoms with Gasteiger partial charge >= 0.3 is 6.18 Å². The molecular formula is C28H38F3N5O2. The van der Waals surface area contributed by atoms with Gasteiger partial charge in [-0.05, 0) is 58.2 Å². The number of hydrogen-bond acceptors (Lipinski definition) is 6. The monoisotopic (exact) mass is 533 g/mol. The molecule has 1 aromatic carbocycles. The lowest BCUT2D eigenvalue weighted by Crippen LogP contribution is -2.62. The normalized spacial score (nSPS) is 21.9. The molecule has 0 N–H and O–H groups in total. The molecule has 2 aromatic rings. The summed E-state index contributed by atoms with van der Waals surface area (Å²) in [5.41, 5.74) is 2.18. The summed E-state index contributed by atoms with van der Waals surface area (Å²) in [4.78, 5) is 28.4. The highest BCUT2D eigenvalue weighted by atomic mass is 19.4. The lowest BCUT2D eigenvalue weighted by molar-refractivity contribution is -0.137. The second kappa shape index (κ2) is 11.3. The molecule has 0 saturated carbocycles. The summed E-state index contributed by atoms with van der Waals surface area (Å²) in [7, 11) is 1.62. The maximum atomic E-state index is 13.2. The van der Waals surface area contributed by atoms with Crippen LogP contribution in [0.15, 0.2) is 30.6 Å². The second-order valence-electron chi connectivity index (χ2n) is 10.8. The van der Waals surface area contributed by atoms with E-state index in [2.05, 4.69) is 33.6 Å². The van der Waals surface area contributed by atoms with E-state index in [-0.39, 0.29) is 23.5 Å². The molecular weight excluding hydrogens is 495 g/mol. The fourth-order valence-corrected chi connectivity index (χ4v) is 5.93. The SMILES string of the molecule is COC[C@H](c1ccc(C(F)(F)F)cc1)N1CCN(C2(C)CCN(C(=O)c3c(C)ncnc3C)CC2)C[C@@H]1C. The first-order valence-electron chi connectivity index (χ1n) is 13.2. The van der Waals surface area contributed by atoms with Crippen LogP contribution in [0.4, 0.5) is 13.2 Å². The van der Waals surface area contributed by atoms with Gasteiger partial charge in [0.15, 0.2) is 0 Å². The van der Waals surface area contributed by atoms with E-state index in [4.69, 9.17) is 4.74 Å². The summed E-state index contributed by atoms with van der Waals surface area (Å²) >= 11 is 0. The molecule has 3 heterocycles. The predicted molar refractivity (Wildman–Crippen MR) is 139 cm³/mol. The highest BCUT2D eigenvalue weighted by Gasteiger charge is 2.41. The van der Waals surface area contributed by atoms with Gasteiger partial charge in [0.05, 0.1) is 35.2 Å². The molecule has 208 valence electrons. The molecule has 2 fully saturated rings. The number of rotatable bonds is 6. The molecule has 0 aliphatic carbocycles. The van der Waals surface area contributed by atoms with Gasteiger partial charge in [-0.3, -0.25) is 14.6 Å². The molecule has 2 aliphatic heterocycles. The Balaban J connectivity index is 1.40. The molecule has 7 nitrogen and oxygen atoms in total. The van der Waals surface area contributed by atoms with Crippen LogP contribution in [0.3, 0.4) is 0 Å². The Morgan fingerprint density at radius 3 is 2.21 bits per heavy atom. The van der Waals surface area contributed by atoms with Crippen molar-refractivity contribution in [3.8, 4) is 0 Å². The Hall–Kier alpha value is -2.56. The van der Waals surface area contributed by atoms with Crippen molar-refractivity contribution in [1.29, 1.82) is 0 Å². The van der Waals surface area contributed by atoms with Crippen molar-refractivity contribution >= 4 is 5.91 Å². The van der Waals surface area contributed by atoms with Gasteiger partial charge in [-0.25, -0.2) is 9.97 Å². The molecule has 10 heteroatoms. The van der Waals surface area contributed by atoms with E-state index >= 15 is 0 Å². The van der Waals surface area contributed by atoms with E-state index in [1.165, 1.54) is 6.33 Å². The molecule has 2 atom stereocenters. The summed E-state index contributed by atoms with van der Waals surface area (Å²) < 4.78 is 44.7. The van der Waals surface area contributed by atoms with Crippen LogP contribution in [0.5, 0.6) is 0 Å². The number of piperidine rings is 1. The van der Waals surface area contributed by atoms with Crippen LogP contribution >= 0.6 is 0 Å². The molecule has 0 spiro atoms. The minimum absolute atomic E-state index is 0.000198. The Labute approximate surface area is 223 Å². The van der Waals surface area contributed by atoms with Gasteiger partial charge in [-0.15, -0.1) is 0 Å². The van der Waals surface area contributed by atoms with E-state index in [0.29, 0.717) is 36.6 Å². The van der Waals surface area contributed by atoms with Crippen LogP contribution in [-0.4, -0.2) is 88.6 Å². The van der Waals surface area contributed by atoms with E-state index in [9.17, 15) is 18.0 Å². The maximum Gasteiger partial charge on any atom is 0.416 e. The van der Waals surface area contributed by atoms with Crippen LogP contribution in [0.1, 0.15) is 65.6 Å². The second-order valence-corrected chi connectivity index (χ2v) is 10.8. The van der Waals surface area contributed by atoms with Crippen molar-refractivity contribution < 1.29 is 22.7 Å². The van der Waals surface area contributed by atoms with Gasteiger partial charge in [0.25, 0.3) is 5.91 Å². The molecule has 2 aliphatic rings. The van der Waals surface area contributed by atoms with E-state index < -0.39 is 11.7 Å². The molecule has 0 radical (unpaired) electrons. The van der Waals surface area contributed by atoms with Crippen molar-refractivity contribution in [3.63, 3.8) is 0 Å². The lowest BCUT2D eigenvalue weighted by atomic mass is 9.86. The van der Waals surface area contributed by atoms with Crippen molar-refractivity contribution in [2.75, 3.05) is 46.4 Å². The zero-order chi connectivity index (χ0) is 27.7. The Bertz CT molecular complexity index is 1100. The number of ether oxygens (including phenoxy) is 1. The fraction of sp³-hybridized carbons (Fsp3) is 0.607. The first-order chi connectivity index (χ1) is 17.9. The average Bonchev–Trinajstić information content (AvgIpc) is 2.87. The number of aryl methyl sites for hydroxylation is 2. The molecule has 0 unspecified atom stereocenters. The molecule has 38 heavy (non-hydrogen) atoms. The smallest absolute Gasteiger partial charge is 0.383 e. The van der Waals surface area contributed by atoms with Crippen LogP contribution in [0, 0.1) is 13.8 Å². The van der Waals surface area contributed by atoms with Crippen molar-refractivity contribution in [1.82, 2.24) is 24.7 Å². The Kier molecular flexibility index (Phi) is 8.44. The molecule has 1 aromatic heterocycles. The summed E-state index contributed by atoms with van der Waals surface area (Å²) in [6.45, 7) is 12.4. The van der Waals surface area contributed by atoms with Crippen molar-refractivity contribution in [2.45, 2.75) is 64.3 Å². The summed E-state index contributed by atoms with van der Waals surface area (Å²) in [6.07, 6.45) is -1.12. The number of nitrogens with zero attached hydrogens (tertiary/aromatic N) is 5. The van der Waals surface area contributed by atoms with Crippen LogP contribution in [-0.2, 0) is 10.9 Å². The first-order valence-corrected chi connectivity index (χ1v) is 13.2. The summed E-state index contributed by atoms with van der Waals surface area (Å²) in [5, 5.41) is 0. The molecule has 4 rings (SSSR count). The molecule has 1 amide bonds. The van der Waals surface area contributed by atoms with Gasteiger partial charge in [0, 0.05) is 51.4 Å². The number of carbonyl (C=O) groups excluding carboxylic acids is 1. The number of methoxy groups -OCH3 is 1. The van der Waals surface area contributed by atoms with Crippen LogP contribution in [0.25, 0.3) is 0 Å². The zero-order valence-electron chi connectivity index (χ0n) is 22.9. The maximum absolute atomic E-state index is 13.2. The van der Waals surface area contributed by atoms with Crippen molar-refractivity contribution in [3.05, 3.63) is 58.7 Å². The van der Waals surface area contributed by atoms with Crippen LogP contribution < -0.4 is 0 Å². The standard InChI is InChI=1S/C28H38F3N5O2/c1-19-16-35(14-15-36(19)24(17-38-5)22-6-8-23(9-7-22)28(29,30)31)27(4)10-12-34(13-11-27)26(37)25-20(2)32-18-33-21(25)3/h6-9,18-19,24H,10-17H2,1-5H3/t19-,24+/m0/s1. The number of halogens is 3. The zero-order valence-corrected chi connectivity index (χ0v) is 22.9. The molecule has 2 saturated heterocycles. The average molecular weight is 534 g/mol. The fourth-order valence-electron chi connectivity index (χ4n) is 5.93. The van der Waals surface area contributed by atoms with Gasteiger partial charge in [-0.2, -0.15) is 13.2 Å². The van der Waals surface area contributed by atoms with Gasteiger partial charge in [0.2, 0.25) is 0 Å². The summed E-state index contributed by atoms with van der Waals surface area (Å²) in [6, 6.07) is 5.52. The third-order valence-corrected chi connectivity index (χ3v) is 8.36. The third kappa shape index (κ3) is 5.87. The third-order valence-electron chi connectivity index (χ3n) is 8.36. The Morgan fingerprint density at radius 1 is 1.08 bits per heavy atom. The first kappa shape index (κ1) is 28.4. The van der Waals surface area contributed by atoms with E-state index in [1.54, 1.807) is 19.2 Å². The molecule has 0 bridgehead atoms. The number of piperazine rings is 1. The number of likely N-dealkylation sites (tertiary alicyclic amines) is 1. The minimum atomic E-state index is -4.35. The van der Waals surface area contributed by atoms with Gasteiger partial charge in [-0.1, -0.05) is 12.1 Å². The topological polar surface area (TPSA) is 61.8 Å². The van der Waals surface area contributed by atoms with E-state index in [0.717, 1.165) is 50.2 Å². The number of aromatic nitrogens is 2. The van der Waals surface area contributed by atoms with Gasteiger partial charge < -0.3 is 9.64 Å². The number of amides is 1. The number of carbonyl (C=O) groups is 1. The minimum Gasteiger partial charge on any atom is -0.383 e. The predicted octanol–water partition coefficient (Wildman–Crippen LogP) is 4.50. The Morgan fingerprint density at radius 2 is 1.68 bits per heavy atom. The number of hydrogen-bond donors (Lipinski definition) is 0. The summed E-state index contributed by atoms with van der Waals surface area (Å²) in [5.74, 6) is -0.000198. The van der Waals surface area contributed by atoms with Crippen molar-refractivity contribution in [2.24, 2.45) is 0 Å².